The minimum absolute atomic E-state index is 0.278. The van der Waals surface area contributed by atoms with E-state index in [0.29, 0.717) is 0 Å². The predicted octanol–water partition coefficient (Wildman–Crippen LogP) is 3.90. The lowest BCUT2D eigenvalue weighted by molar-refractivity contribution is 0.598. The van der Waals surface area contributed by atoms with Gasteiger partial charge < -0.3 is 0 Å². The molecule has 0 spiro atoms. The van der Waals surface area contributed by atoms with Crippen LogP contribution >= 0.6 is 7.71 Å². The molecular formula is C16H20NO2PS. The van der Waals surface area contributed by atoms with Crippen LogP contribution in [0.4, 0.5) is 0 Å². The molecule has 0 aliphatic carbocycles. The van der Waals surface area contributed by atoms with E-state index < -0.39 is 17.7 Å². The Morgan fingerprint density at radius 2 is 1.52 bits per heavy atom. The molecule has 21 heavy (non-hydrogen) atoms. The summed E-state index contributed by atoms with van der Waals surface area (Å²) in [5, 5.41) is 1.05. The number of nitrogens with zero attached hydrogens (tertiary/aromatic N) is 1. The van der Waals surface area contributed by atoms with Crippen LogP contribution < -0.4 is 5.30 Å². The van der Waals surface area contributed by atoms with Gasteiger partial charge in [-0.05, 0) is 30.0 Å². The summed E-state index contributed by atoms with van der Waals surface area (Å²) in [6.45, 7) is 2.11. The Kier molecular flexibility index (Phi) is 5.77. The molecule has 112 valence electrons. The molecule has 0 fully saturated rings. The van der Waals surface area contributed by atoms with Crippen molar-refractivity contribution in [3.63, 3.8) is 0 Å². The fourth-order valence-corrected chi connectivity index (χ4v) is 6.43. The molecular weight excluding hydrogens is 301 g/mol. The molecule has 0 aromatic heterocycles. The summed E-state index contributed by atoms with van der Waals surface area (Å²) in [4.78, 5) is 0.278. The van der Waals surface area contributed by atoms with Gasteiger partial charge in [-0.1, -0.05) is 61.9 Å². The number of benzene rings is 2. The quantitative estimate of drug-likeness (QED) is 0.758. The molecule has 0 amide bonds. The fraction of sp³-hybridized carbons (Fsp3) is 0.250. The highest BCUT2D eigenvalue weighted by atomic mass is 32.2. The zero-order valence-electron chi connectivity index (χ0n) is 12.1. The van der Waals surface area contributed by atoms with Crippen molar-refractivity contribution in [1.82, 2.24) is 0 Å². The van der Waals surface area contributed by atoms with Crippen LogP contribution in [-0.2, 0) is 10.0 Å². The third-order valence-electron chi connectivity index (χ3n) is 3.15. The largest absolute Gasteiger partial charge is 0.281 e. The van der Waals surface area contributed by atoms with Crippen molar-refractivity contribution >= 4 is 23.0 Å². The highest BCUT2D eigenvalue weighted by Gasteiger charge is 2.13. The smallest absolute Gasteiger partial charge is 0.199 e. The van der Waals surface area contributed by atoms with Gasteiger partial charge in [-0.2, -0.15) is 12.6 Å². The average Bonchev–Trinajstić information content (AvgIpc) is 2.53. The zero-order valence-corrected chi connectivity index (χ0v) is 13.9. The molecule has 1 unspecified atom stereocenters. The van der Waals surface area contributed by atoms with Crippen LogP contribution in [0.2, 0.25) is 0 Å². The Balaban J connectivity index is 2.41. The van der Waals surface area contributed by atoms with Gasteiger partial charge in [0.05, 0.1) is 4.90 Å². The van der Waals surface area contributed by atoms with Gasteiger partial charge in [-0.15, -0.1) is 0 Å². The number of hydrogen-bond donors (Lipinski definition) is 0. The number of hydrogen-bond acceptors (Lipinski definition) is 2. The molecule has 5 heteroatoms. The summed E-state index contributed by atoms with van der Waals surface area (Å²) in [7, 11) is -5.02. The fourth-order valence-electron chi connectivity index (χ4n) is 2.01. The van der Waals surface area contributed by atoms with Crippen molar-refractivity contribution in [2.45, 2.75) is 24.7 Å². The van der Waals surface area contributed by atoms with Gasteiger partial charge in [-0.3, -0.25) is 0 Å². The van der Waals surface area contributed by atoms with Gasteiger partial charge in [0.1, 0.15) is 0 Å². The average molecular weight is 321 g/mol. The minimum atomic E-state index is -3.57. The Labute approximate surface area is 127 Å². The Bertz CT molecular complexity index is 698. The lowest BCUT2D eigenvalue weighted by atomic mass is 10.4. The van der Waals surface area contributed by atoms with Crippen LogP contribution in [0.25, 0.3) is 0 Å². The molecule has 0 aliphatic heterocycles. The second-order valence-corrected chi connectivity index (χ2v) is 8.92. The van der Waals surface area contributed by atoms with Gasteiger partial charge in [0.25, 0.3) is 10.0 Å². The van der Waals surface area contributed by atoms with Gasteiger partial charge in [0, 0.05) is 7.71 Å². The maximum absolute atomic E-state index is 12.4. The molecule has 0 N–H and O–H groups in total. The second-order valence-electron chi connectivity index (χ2n) is 4.80. The maximum Gasteiger partial charge on any atom is 0.281 e. The van der Waals surface area contributed by atoms with E-state index in [1.807, 2.05) is 30.3 Å². The van der Waals surface area contributed by atoms with Crippen molar-refractivity contribution in [3.8, 4) is 0 Å². The van der Waals surface area contributed by atoms with Crippen molar-refractivity contribution in [2.75, 3.05) is 6.16 Å². The van der Waals surface area contributed by atoms with Gasteiger partial charge >= 0.3 is 0 Å². The third kappa shape index (κ3) is 4.55. The summed E-state index contributed by atoms with van der Waals surface area (Å²) >= 11 is 0. The lowest BCUT2D eigenvalue weighted by Gasteiger charge is -2.08. The van der Waals surface area contributed by atoms with Gasteiger partial charge in [-0.25, -0.2) is 0 Å². The second kappa shape index (κ2) is 7.58. The first-order valence-electron chi connectivity index (χ1n) is 7.08. The summed E-state index contributed by atoms with van der Waals surface area (Å²) in [5.74, 6) is 0. The van der Waals surface area contributed by atoms with Crippen molar-refractivity contribution < 1.29 is 8.42 Å². The van der Waals surface area contributed by atoms with E-state index in [-0.39, 0.29) is 4.90 Å². The highest BCUT2D eigenvalue weighted by Crippen LogP contribution is 2.30. The molecule has 2 aromatic rings. The molecule has 2 rings (SSSR count). The first-order valence-corrected chi connectivity index (χ1v) is 10.2. The van der Waals surface area contributed by atoms with E-state index in [1.165, 1.54) is 0 Å². The number of unbranched alkanes of at least 4 members (excludes halogenated alkanes) is 1. The topological polar surface area (TPSA) is 46.5 Å². The van der Waals surface area contributed by atoms with E-state index in [2.05, 4.69) is 11.1 Å². The molecule has 1 atom stereocenters. The van der Waals surface area contributed by atoms with Crippen molar-refractivity contribution in [3.05, 3.63) is 60.7 Å². The van der Waals surface area contributed by atoms with Gasteiger partial charge in [0.15, 0.2) is 0 Å². The SMILES string of the molecule is CCCC/[PH](=N/S(=O)(=O)c1ccccc1)c1ccccc1. The first-order chi connectivity index (χ1) is 10.1. The van der Waals surface area contributed by atoms with E-state index in [0.717, 1.165) is 24.3 Å². The third-order valence-corrected chi connectivity index (χ3v) is 7.68. The van der Waals surface area contributed by atoms with Crippen LogP contribution in [0.3, 0.4) is 0 Å². The van der Waals surface area contributed by atoms with Gasteiger partial charge in [0.2, 0.25) is 0 Å². The minimum Gasteiger partial charge on any atom is -0.199 e. The van der Waals surface area contributed by atoms with Crippen molar-refractivity contribution in [1.29, 1.82) is 0 Å². The molecule has 3 nitrogen and oxygen atoms in total. The summed E-state index contributed by atoms with van der Waals surface area (Å²) in [6.07, 6.45) is 2.89. The summed E-state index contributed by atoms with van der Waals surface area (Å²) in [5.41, 5.74) is 0. The number of rotatable bonds is 6. The monoisotopic (exact) mass is 321 g/mol. The van der Waals surface area contributed by atoms with Crippen LogP contribution in [0.1, 0.15) is 19.8 Å². The normalized spacial score (nSPS) is 13.2. The molecule has 0 saturated heterocycles. The maximum atomic E-state index is 12.4. The van der Waals surface area contributed by atoms with Crippen LogP contribution in [0, 0.1) is 0 Å². The molecule has 0 radical (unpaired) electrons. The highest BCUT2D eigenvalue weighted by molar-refractivity contribution is 7.93. The summed E-state index contributed by atoms with van der Waals surface area (Å²) in [6, 6.07) is 18.2. The van der Waals surface area contributed by atoms with E-state index in [4.69, 9.17) is 0 Å². The zero-order chi connectivity index (χ0) is 15.1. The van der Waals surface area contributed by atoms with E-state index in [9.17, 15) is 8.42 Å². The summed E-state index contributed by atoms with van der Waals surface area (Å²) < 4.78 is 29.1. The molecule has 0 saturated carbocycles. The molecule has 0 heterocycles. The van der Waals surface area contributed by atoms with E-state index >= 15 is 0 Å². The standard InChI is InChI=1S/C16H20NO2PS/c1-2-3-14-20(15-10-6-4-7-11-15)17-21(18,19)16-12-8-5-9-13-16/h4-13,20H,2-3,14H2,1H3. The molecule has 0 bridgehead atoms. The van der Waals surface area contributed by atoms with E-state index in [1.54, 1.807) is 30.3 Å². The Morgan fingerprint density at radius 3 is 2.10 bits per heavy atom. The lowest BCUT2D eigenvalue weighted by Crippen LogP contribution is -2.01. The van der Waals surface area contributed by atoms with Crippen LogP contribution in [0.5, 0.6) is 0 Å². The number of sulfonamides is 1. The Hall–Kier alpha value is -1.38. The predicted molar refractivity (Wildman–Crippen MR) is 90.2 cm³/mol. The van der Waals surface area contributed by atoms with Crippen LogP contribution in [0.15, 0.2) is 69.7 Å². The molecule has 2 aromatic carbocycles. The Morgan fingerprint density at radius 1 is 0.952 bits per heavy atom. The van der Waals surface area contributed by atoms with Crippen LogP contribution in [-0.4, -0.2) is 14.6 Å². The van der Waals surface area contributed by atoms with Crippen molar-refractivity contribution in [2.24, 2.45) is 4.15 Å². The first kappa shape index (κ1) is 16.0. The molecule has 0 aliphatic rings.